The summed E-state index contributed by atoms with van der Waals surface area (Å²) in [6.45, 7) is 8.05. The van der Waals surface area contributed by atoms with Crippen LogP contribution in [-0.4, -0.2) is 55.8 Å². The predicted octanol–water partition coefficient (Wildman–Crippen LogP) is 4.27. The highest BCUT2D eigenvalue weighted by Crippen LogP contribution is 2.34. The van der Waals surface area contributed by atoms with Crippen molar-refractivity contribution in [3.8, 4) is 5.75 Å². The molecule has 0 radical (unpaired) electrons. The number of ether oxygens (including phenoxy) is 1. The Morgan fingerprint density at radius 3 is 2.67 bits per heavy atom. The first-order valence-corrected chi connectivity index (χ1v) is 14.0. The van der Waals surface area contributed by atoms with Gasteiger partial charge in [0.05, 0.1) is 23.2 Å². The Morgan fingerprint density at radius 2 is 1.94 bits per heavy atom. The summed E-state index contributed by atoms with van der Waals surface area (Å²) >= 11 is 1.77. The Labute approximate surface area is 200 Å². The van der Waals surface area contributed by atoms with E-state index in [4.69, 9.17) is 4.74 Å². The SMILES string of the molecule is CC(C)Oc1ccc(S(=O)(=O)N2CCCCC2)cc1NC(=O)CN1CCc2sccc2C1C. The van der Waals surface area contributed by atoms with Crippen LogP contribution in [0.4, 0.5) is 5.69 Å². The first kappa shape index (κ1) is 24.2. The van der Waals surface area contributed by atoms with Gasteiger partial charge in [-0.25, -0.2) is 8.42 Å². The van der Waals surface area contributed by atoms with E-state index in [1.54, 1.807) is 23.5 Å². The fraction of sp³-hybridized carbons (Fsp3) is 0.542. The Hall–Kier alpha value is -1.94. The van der Waals surface area contributed by atoms with E-state index in [1.807, 2.05) is 13.8 Å². The maximum atomic E-state index is 13.2. The molecule has 1 fully saturated rings. The minimum Gasteiger partial charge on any atom is -0.489 e. The summed E-state index contributed by atoms with van der Waals surface area (Å²) in [7, 11) is -3.61. The molecule has 1 saturated heterocycles. The summed E-state index contributed by atoms with van der Waals surface area (Å²) in [5, 5.41) is 5.04. The predicted molar refractivity (Wildman–Crippen MR) is 131 cm³/mol. The van der Waals surface area contributed by atoms with Crippen LogP contribution in [0.3, 0.4) is 0 Å². The third-order valence-electron chi connectivity index (χ3n) is 6.29. The number of nitrogens with zero attached hydrogens (tertiary/aromatic N) is 2. The van der Waals surface area contributed by atoms with Crippen molar-refractivity contribution in [1.29, 1.82) is 0 Å². The highest BCUT2D eigenvalue weighted by atomic mass is 32.2. The maximum Gasteiger partial charge on any atom is 0.243 e. The number of thiophene rings is 1. The molecule has 1 atom stereocenters. The lowest BCUT2D eigenvalue weighted by Crippen LogP contribution is -2.39. The van der Waals surface area contributed by atoms with E-state index in [9.17, 15) is 13.2 Å². The van der Waals surface area contributed by atoms with Gasteiger partial charge in [-0.05, 0) is 75.2 Å². The normalized spacial score (nSPS) is 19.9. The van der Waals surface area contributed by atoms with Gasteiger partial charge in [0.1, 0.15) is 5.75 Å². The lowest BCUT2D eigenvalue weighted by atomic mass is 10.0. The molecule has 2 aliphatic heterocycles. The molecular formula is C24H33N3O4S2. The fourth-order valence-corrected chi connectivity index (χ4v) is 7.04. The number of carbonyl (C=O) groups excluding carboxylic acids is 1. The van der Waals surface area contributed by atoms with E-state index < -0.39 is 10.0 Å². The number of fused-ring (bicyclic) bond motifs is 1. The molecule has 0 aliphatic carbocycles. The van der Waals surface area contributed by atoms with Crippen molar-refractivity contribution in [2.75, 3.05) is 31.5 Å². The van der Waals surface area contributed by atoms with Gasteiger partial charge < -0.3 is 10.1 Å². The van der Waals surface area contributed by atoms with Crippen molar-refractivity contribution in [2.24, 2.45) is 0 Å². The maximum absolute atomic E-state index is 13.2. The van der Waals surface area contributed by atoms with Gasteiger partial charge in [-0.1, -0.05) is 6.42 Å². The van der Waals surface area contributed by atoms with E-state index in [0.717, 1.165) is 32.2 Å². The van der Waals surface area contributed by atoms with Crippen LogP contribution >= 0.6 is 11.3 Å². The molecule has 0 spiro atoms. The molecule has 0 saturated carbocycles. The molecule has 9 heteroatoms. The van der Waals surface area contributed by atoms with E-state index >= 15 is 0 Å². The Bertz CT molecular complexity index is 1090. The number of carbonyl (C=O) groups is 1. The zero-order valence-corrected chi connectivity index (χ0v) is 21.2. The zero-order chi connectivity index (χ0) is 23.6. The van der Waals surface area contributed by atoms with Crippen molar-refractivity contribution in [2.45, 2.75) is 63.5 Å². The van der Waals surface area contributed by atoms with Crippen molar-refractivity contribution in [1.82, 2.24) is 9.21 Å². The summed E-state index contributed by atoms with van der Waals surface area (Å²) in [4.78, 5) is 16.7. The molecule has 1 aromatic carbocycles. The molecule has 4 rings (SSSR count). The number of hydrogen-bond donors (Lipinski definition) is 1. The largest absolute Gasteiger partial charge is 0.489 e. The van der Waals surface area contributed by atoms with Crippen molar-refractivity contribution in [3.05, 3.63) is 40.1 Å². The number of benzene rings is 1. The van der Waals surface area contributed by atoms with Crippen LogP contribution in [0.25, 0.3) is 0 Å². The number of sulfonamides is 1. The number of nitrogens with one attached hydrogen (secondary N) is 1. The van der Waals surface area contributed by atoms with Crippen LogP contribution in [0.15, 0.2) is 34.5 Å². The van der Waals surface area contributed by atoms with Gasteiger partial charge in [0, 0.05) is 30.6 Å². The second-order valence-corrected chi connectivity index (χ2v) is 12.0. The van der Waals surface area contributed by atoms with Crippen LogP contribution in [0.2, 0.25) is 0 Å². The minimum atomic E-state index is -3.61. The summed E-state index contributed by atoms with van der Waals surface area (Å²) < 4.78 is 33.8. The quantitative estimate of drug-likeness (QED) is 0.626. The van der Waals surface area contributed by atoms with Gasteiger partial charge in [0.15, 0.2) is 0 Å². The summed E-state index contributed by atoms with van der Waals surface area (Å²) in [5.74, 6) is 0.296. The fourth-order valence-electron chi connectivity index (χ4n) is 4.53. The van der Waals surface area contributed by atoms with Gasteiger partial charge in [-0.3, -0.25) is 9.69 Å². The number of amides is 1. The molecule has 2 aromatic rings. The lowest BCUT2D eigenvalue weighted by Gasteiger charge is -2.33. The molecular weight excluding hydrogens is 458 g/mol. The van der Waals surface area contributed by atoms with E-state index in [-0.39, 0.29) is 29.5 Å². The smallest absolute Gasteiger partial charge is 0.243 e. The molecule has 1 amide bonds. The van der Waals surface area contributed by atoms with E-state index in [0.29, 0.717) is 24.5 Å². The third-order valence-corrected chi connectivity index (χ3v) is 9.18. The van der Waals surface area contributed by atoms with Crippen LogP contribution < -0.4 is 10.1 Å². The average Bonchev–Trinajstić information content (AvgIpc) is 3.27. The van der Waals surface area contributed by atoms with Crippen LogP contribution in [0, 0.1) is 0 Å². The molecule has 2 aliphatic rings. The van der Waals surface area contributed by atoms with Gasteiger partial charge in [0.2, 0.25) is 15.9 Å². The van der Waals surface area contributed by atoms with Crippen molar-refractivity contribution in [3.63, 3.8) is 0 Å². The third kappa shape index (κ3) is 5.42. The first-order valence-electron chi connectivity index (χ1n) is 11.7. The molecule has 1 aromatic heterocycles. The van der Waals surface area contributed by atoms with Crippen LogP contribution in [0.1, 0.15) is 56.5 Å². The van der Waals surface area contributed by atoms with E-state index in [1.165, 1.54) is 20.8 Å². The van der Waals surface area contributed by atoms with Crippen molar-refractivity contribution >= 4 is 33.0 Å². The first-order chi connectivity index (χ1) is 15.8. The Morgan fingerprint density at radius 1 is 1.18 bits per heavy atom. The monoisotopic (exact) mass is 491 g/mol. The Kier molecular flexibility index (Phi) is 7.43. The standard InChI is InChI=1S/C24H33N3O4S2/c1-17(2)31-22-8-7-19(33(29,30)27-11-5-4-6-12-27)15-21(22)25-24(28)16-26-13-9-23-20(18(26)3)10-14-32-23/h7-8,10,14-15,17-18H,4-6,9,11-13,16H2,1-3H3,(H,25,28). The second-order valence-electron chi connectivity index (χ2n) is 9.03. The molecule has 180 valence electrons. The van der Waals surface area contributed by atoms with Crippen LogP contribution in [0.5, 0.6) is 5.75 Å². The van der Waals surface area contributed by atoms with Crippen LogP contribution in [-0.2, 0) is 21.2 Å². The molecule has 1 unspecified atom stereocenters. The summed E-state index contributed by atoms with van der Waals surface area (Å²) in [6.07, 6.45) is 3.63. The van der Waals surface area contributed by atoms with Crippen molar-refractivity contribution < 1.29 is 17.9 Å². The van der Waals surface area contributed by atoms with Gasteiger partial charge in [0.25, 0.3) is 0 Å². The van der Waals surface area contributed by atoms with Gasteiger partial charge in [-0.15, -0.1) is 11.3 Å². The topological polar surface area (TPSA) is 79.0 Å². The van der Waals surface area contributed by atoms with Gasteiger partial charge in [-0.2, -0.15) is 4.31 Å². The van der Waals surface area contributed by atoms with Gasteiger partial charge >= 0.3 is 0 Å². The number of hydrogen-bond acceptors (Lipinski definition) is 6. The Balaban J connectivity index is 1.53. The molecule has 3 heterocycles. The average molecular weight is 492 g/mol. The minimum absolute atomic E-state index is 0.107. The number of piperidine rings is 1. The molecule has 0 bridgehead atoms. The molecule has 7 nitrogen and oxygen atoms in total. The zero-order valence-electron chi connectivity index (χ0n) is 19.5. The van der Waals surface area contributed by atoms with E-state index in [2.05, 4.69) is 28.6 Å². The molecule has 33 heavy (non-hydrogen) atoms. The second kappa shape index (κ2) is 10.1. The number of anilines is 1. The number of rotatable bonds is 7. The highest BCUT2D eigenvalue weighted by Gasteiger charge is 2.29. The summed E-state index contributed by atoms with van der Waals surface area (Å²) in [5.41, 5.74) is 1.69. The lowest BCUT2D eigenvalue weighted by molar-refractivity contribution is -0.117. The molecule has 1 N–H and O–H groups in total. The summed E-state index contributed by atoms with van der Waals surface area (Å²) in [6, 6.07) is 7.06. The highest BCUT2D eigenvalue weighted by molar-refractivity contribution is 7.89.